The second kappa shape index (κ2) is 6.78. The van der Waals surface area contributed by atoms with Crippen molar-refractivity contribution in [2.45, 2.75) is 18.3 Å². The quantitative estimate of drug-likeness (QED) is 0.736. The number of nitrogens with two attached hydrogens (primary N) is 1. The van der Waals surface area contributed by atoms with Gasteiger partial charge in [-0.3, -0.25) is 4.79 Å². The van der Waals surface area contributed by atoms with Gasteiger partial charge in [0.25, 0.3) is 5.91 Å². The highest BCUT2D eigenvalue weighted by Gasteiger charge is 2.37. The first kappa shape index (κ1) is 17.1. The van der Waals surface area contributed by atoms with E-state index in [4.69, 9.17) is 17.3 Å². The lowest BCUT2D eigenvalue weighted by Gasteiger charge is -2.41. The van der Waals surface area contributed by atoms with E-state index in [9.17, 15) is 4.79 Å². The van der Waals surface area contributed by atoms with E-state index in [-0.39, 0.29) is 11.3 Å². The van der Waals surface area contributed by atoms with Gasteiger partial charge in [0.05, 0.1) is 5.02 Å². The van der Waals surface area contributed by atoms with E-state index in [1.807, 2.05) is 35.2 Å². The fourth-order valence-corrected chi connectivity index (χ4v) is 4.25. The molecule has 4 rings (SSSR count). The molecule has 1 aliphatic heterocycles. The van der Waals surface area contributed by atoms with Gasteiger partial charge in [-0.2, -0.15) is 0 Å². The third kappa shape index (κ3) is 2.79. The molecular formula is C21H22ClN3O. The number of aromatic nitrogens is 1. The molecule has 1 aliphatic rings. The van der Waals surface area contributed by atoms with Crippen LogP contribution in [0, 0.1) is 0 Å². The van der Waals surface area contributed by atoms with E-state index in [1.54, 1.807) is 0 Å². The van der Waals surface area contributed by atoms with E-state index in [0.29, 0.717) is 30.4 Å². The molecule has 0 spiro atoms. The van der Waals surface area contributed by atoms with Crippen LogP contribution in [0.25, 0.3) is 10.9 Å². The lowest BCUT2D eigenvalue weighted by Crippen LogP contribution is -2.48. The number of carbonyl (C=O) groups is 1. The molecule has 1 fully saturated rings. The Morgan fingerprint density at radius 2 is 1.73 bits per heavy atom. The molecule has 3 N–H and O–H groups in total. The van der Waals surface area contributed by atoms with Crippen molar-refractivity contribution in [3.63, 3.8) is 0 Å². The molecule has 5 heteroatoms. The molecule has 1 amide bonds. The van der Waals surface area contributed by atoms with E-state index < -0.39 is 0 Å². The highest BCUT2D eigenvalue weighted by Crippen LogP contribution is 2.36. The van der Waals surface area contributed by atoms with Crippen LogP contribution in [0.3, 0.4) is 0 Å². The van der Waals surface area contributed by atoms with Crippen LogP contribution in [-0.2, 0) is 5.41 Å². The number of piperidine rings is 1. The number of benzene rings is 2. The van der Waals surface area contributed by atoms with E-state index in [1.165, 1.54) is 5.56 Å². The lowest BCUT2D eigenvalue weighted by molar-refractivity contribution is 0.0665. The summed E-state index contributed by atoms with van der Waals surface area (Å²) in [5.74, 6) is -0.0371. The van der Waals surface area contributed by atoms with Crippen LogP contribution in [0.5, 0.6) is 0 Å². The average Bonchev–Trinajstić information content (AvgIpc) is 3.05. The number of hydrogen-bond acceptors (Lipinski definition) is 2. The lowest BCUT2D eigenvalue weighted by atomic mass is 9.73. The molecule has 26 heavy (non-hydrogen) atoms. The number of nitrogens with one attached hydrogen (secondary N) is 1. The second-order valence-electron chi connectivity index (χ2n) is 7.00. The van der Waals surface area contributed by atoms with Gasteiger partial charge in [-0.15, -0.1) is 0 Å². The molecule has 3 aromatic rings. The maximum Gasteiger partial charge on any atom is 0.271 e. The summed E-state index contributed by atoms with van der Waals surface area (Å²) < 4.78 is 0. The van der Waals surface area contributed by atoms with E-state index in [2.05, 4.69) is 29.2 Å². The molecule has 0 unspecified atom stereocenters. The van der Waals surface area contributed by atoms with Crippen molar-refractivity contribution in [3.8, 4) is 0 Å². The Kier molecular flexibility index (Phi) is 4.47. The second-order valence-corrected chi connectivity index (χ2v) is 7.38. The third-order valence-electron chi connectivity index (χ3n) is 5.64. The summed E-state index contributed by atoms with van der Waals surface area (Å²) in [6.07, 6.45) is 1.72. The molecule has 2 heterocycles. The van der Waals surface area contributed by atoms with Crippen LogP contribution in [0.2, 0.25) is 5.02 Å². The SMILES string of the molecule is NCC1(c2ccccc2)CCN(C(=O)c2[nH]c3ccccc3c2Cl)CC1. The summed E-state index contributed by atoms with van der Waals surface area (Å²) in [5, 5.41) is 1.39. The summed E-state index contributed by atoms with van der Waals surface area (Å²) in [6, 6.07) is 18.1. The van der Waals surface area contributed by atoms with Gasteiger partial charge in [0, 0.05) is 36.0 Å². The minimum Gasteiger partial charge on any atom is -0.349 e. The Morgan fingerprint density at radius 1 is 1.08 bits per heavy atom. The molecular weight excluding hydrogens is 346 g/mol. The van der Waals surface area contributed by atoms with Gasteiger partial charge < -0.3 is 15.6 Å². The molecule has 1 aromatic heterocycles. The minimum absolute atomic E-state index is 0.0371. The predicted octanol–water partition coefficient (Wildman–Crippen LogP) is 3.95. The number of H-pyrrole nitrogens is 1. The van der Waals surface area contributed by atoms with E-state index in [0.717, 1.165) is 23.7 Å². The van der Waals surface area contributed by atoms with Crippen LogP contribution in [0.1, 0.15) is 28.9 Å². The Hall–Kier alpha value is -2.30. The molecule has 4 nitrogen and oxygen atoms in total. The number of para-hydroxylation sites is 1. The van der Waals surface area contributed by atoms with Gasteiger partial charge >= 0.3 is 0 Å². The fraction of sp³-hybridized carbons (Fsp3) is 0.286. The predicted molar refractivity (Wildman–Crippen MR) is 106 cm³/mol. The zero-order valence-electron chi connectivity index (χ0n) is 14.5. The van der Waals surface area contributed by atoms with Gasteiger partial charge in [0.2, 0.25) is 0 Å². The number of fused-ring (bicyclic) bond motifs is 1. The van der Waals surface area contributed by atoms with Crippen molar-refractivity contribution >= 4 is 28.4 Å². The summed E-state index contributed by atoms with van der Waals surface area (Å²) in [6.45, 7) is 1.94. The van der Waals surface area contributed by atoms with Crippen LogP contribution in [0.4, 0.5) is 0 Å². The van der Waals surface area contributed by atoms with Crippen molar-refractivity contribution in [2.24, 2.45) is 5.73 Å². The Labute approximate surface area is 157 Å². The smallest absolute Gasteiger partial charge is 0.271 e. The monoisotopic (exact) mass is 367 g/mol. The molecule has 1 saturated heterocycles. The summed E-state index contributed by atoms with van der Waals surface area (Å²) in [5.41, 5.74) is 8.72. The van der Waals surface area contributed by atoms with Crippen LogP contribution >= 0.6 is 11.6 Å². The van der Waals surface area contributed by atoms with E-state index >= 15 is 0 Å². The topological polar surface area (TPSA) is 62.1 Å². The molecule has 2 aromatic carbocycles. The van der Waals surface area contributed by atoms with Crippen LogP contribution in [0.15, 0.2) is 54.6 Å². The van der Waals surface area contributed by atoms with Gasteiger partial charge in [-0.1, -0.05) is 60.1 Å². The molecule has 0 aliphatic carbocycles. The first-order chi connectivity index (χ1) is 12.6. The number of halogens is 1. The van der Waals surface area contributed by atoms with Gasteiger partial charge in [0.1, 0.15) is 5.69 Å². The summed E-state index contributed by atoms with van der Waals surface area (Å²) in [7, 11) is 0. The maximum atomic E-state index is 13.0. The third-order valence-corrected chi connectivity index (χ3v) is 6.03. The number of rotatable bonds is 3. The minimum atomic E-state index is -0.0533. The Morgan fingerprint density at radius 3 is 2.38 bits per heavy atom. The summed E-state index contributed by atoms with van der Waals surface area (Å²) in [4.78, 5) is 18.1. The van der Waals surface area contributed by atoms with Crippen molar-refractivity contribution < 1.29 is 4.79 Å². The summed E-state index contributed by atoms with van der Waals surface area (Å²) >= 11 is 6.45. The van der Waals surface area contributed by atoms with Crippen molar-refractivity contribution in [3.05, 3.63) is 70.9 Å². The van der Waals surface area contributed by atoms with Crippen molar-refractivity contribution in [1.82, 2.24) is 9.88 Å². The van der Waals surface area contributed by atoms with Crippen molar-refractivity contribution in [2.75, 3.05) is 19.6 Å². The molecule has 0 bridgehead atoms. The Bertz CT molecular complexity index is 927. The fourth-order valence-electron chi connectivity index (χ4n) is 3.95. The zero-order valence-corrected chi connectivity index (χ0v) is 15.3. The largest absolute Gasteiger partial charge is 0.349 e. The molecule has 0 radical (unpaired) electrons. The standard InChI is InChI=1S/C21H22ClN3O/c22-18-16-8-4-5-9-17(16)24-19(18)20(26)25-12-10-21(14-23,11-13-25)15-6-2-1-3-7-15/h1-9,24H,10-14,23H2. The zero-order chi connectivity index (χ0) is 18.1. The maximum absolute atomic E-state index is 13.0. The molecule has 0 atom stereocenters. The average molecular weight is 368 g/mol. The number of aromatic amines is 1. The van der Waals surface area contributed by atoms with Crippen LogP contribution < -0.4 is 5.73 Å². The van der Waals surface area contributed by atoms with Gasteiger partial charge in [-0.25, -0.2) is 0 Å². The van der Waals surface area contributed by atoms with Crippen molar-refractivity contribution in [1.29, 1.82) is 0 Å². The number of carbonyl (C=O) groups excluding carboxylic acids is 1. The number of hydrogen-bond donors (Lipinski definition) is 2. The molecule has 0 saturated carbocycles. The normalized spacial score (nSPS) is 16.8. The van der Waals surface area contributed by atoms with Crippen LogP contribution in [-0.4, -0.2) is 35.4 Å². The number of likely N-dealkylation sites (tertiary alicyclic amines) is 1. The Balaban J connectivity index is 1.55. The van der Waals surface area contributed by atoms with Gasteiger partial charge in [0.15, 0.2) is 0 Å². The molecule has 134 valence electrons. The highest BCUT2D eigenvalue weighted by atomic mass is 35.5. The number of amides is 1. The highest BCUT2D eigenvalue weighted by molar-refractivity contribution is 6.38. The number of nitrogens with zero attached hydrogens (tertiary/aromatic N) is 1. The van der Waals surface area contributed by atoms with Gasteiger partial charge in [-0.05, 0) is 24.5 Å². The first-order valence-electron chi connectivity index (χ1n) is 8.96. The first-order valence-corrected chi connectivity index (χ1v) is 9.33.